The van der Waals surface area contributed by atoms with E-state index in [0.29, 0.717) is 6.10 Å². The molecule has 0 aliphatic carbocycles. The molecule has 0 N–H and O–H groups in total. The van der Waals surface area contributed by atoms with Gasteiger partial charge in [0.15, 0.2) is 0 Å². The van der Waals surface area contributed by atoms with Crippen LogP contribution in [0, 0.1) is 6.42 Å². The highest BCUT2D eigenvalue weighted by Crippen LogP contribution is 1.97. The quantitative estimate of drug-likeness (QED) is 0.525. The molecule has 1 unspecified atom stereocenters. The van der Waals surface area contributed by atoms with Crippen LogP contribution in [0.3, 0.4) is 0 Å². The van der Waals surface area contributed by atoms with Crippen molar-refractivity contribution in [2.24, 2.45) is 0 Å². The molecule has 1 atom stereocenters. The van der Waals surface area contributed by atoms with Gasteiger partial charge < -0.3 is 4.74 Å². The van der Waals surface area contributed by atoms with Crippen LogP contribution in [0.5, 0.6) is 0 Å². The van der Waals surface area contributed by atoms with E-state index >= 15 is 0 Å². The maximum Gasteiger partial charge on any atom is 0.0597 e. The van der Waals surface area contributed by atoms with Crippen LogP contribution in [-0.4, -0.2) is 13.2 Å². The second-order valence-corrected chi connectivity index (χ2v) is 1.52. The minimum absolute atomic E-state index is 0.361. The second kappa shape index (κ2) is 4.13. The zero-order chi connectivity index (χ0) is 5.70. The molecular weight excluding hydrogens is 88.1 g/mol. The van der Waals surface area contributed by atoms with Crippen molar-refractivity contribution >= 4 is 0 Å². The van der Waals surface area contributed by atoms with Crippen LogP contribution in [0.2, 0.25) is 0 Å². The van der Waals surface area contributed by atoms with Crippen molar-refractivity contribution in [1.82, 2.24) is 0 Å². The third-order valence-electron chi connectivity index (χ3n) is 1.08. The highest BCUT2D eigenvalue weighted by Gasteiger charge is 1.96. The standard InChI is InChI=1S/C6H13O/c1-4-6(5-2)7-3/h4,6H,5H2,1-3H3. The molecule has 1 radical (unpaired) electrons. The van der Waals surface area contributed by atoms with Crippen molar-refractivity contribution in [2.45, 2.75) is 26.4 Å². The average molecular weight is 101 g/mol. The highest BCUT2D eigenvalue weighted by molar-refractivity contribution is 4.68. The molecule has 0 spiro atoms. The average Bonchev–Trinajstić information content (AvgIpc) is 1.72. The smallest absolute Gasteiger partial charge is 0.0597 e. The van der Waals surface area contributed by atoms with E-state index in [1.807, 2.05) is 6.92 Å². The van der Waals surface area contributed by atoms with Gasteiger partial charge in [-0.05, 0) is 12.8 Å². The number of rotatable bonds is 3. The zero-order valence-corrected chi connectivity index (χ0v) is 5.27. The second-order valence-electron chi connectivity index (χ2n) is 1.52. The SMILES string of the molecule is C[CH]C(CC)OC. The minimum atomic E-state index is 0.361. The first kappa shape index (κ1) is 6.96. The minimum Gasteiger partial charge on any atom is -0.381 e. The van der Waals surface area contributed by atoms with Crippen molar-refractivity contribution in [1.29, 1.82) is 0 Å². The van der Waals surface area contributed by atoms with E-state index < -0.39 is 0 Å². The predicted octanol–water partition coefficient (Wildman–Crippen LogP) is 1.64. The van der Waals surface area contributed by atoms with Gasteiger partial charge in [-0.25, -0.2) is 0 Å². The lowest BCUT2D eigenvalue weighted by atomic mass is 10.2. The molecule has 1 heteroatoms. The molecule has 0 aliphatic rings. The van der Waals surface area contributed by atoms with Crippen molar-refractivity contribution in [2.75, 3.05) is 7.11 Å². The molecule has 0 aliphatic heterocycles. The van der Waals surface area contributed by atoms with E-state index in [1.54, 1.807) is 7.11 Å². The van der Waals surface area contributed by atoms with Gasteiger partial charge in [0, 0.05) is 7.11 Å². The molecule has 0 fully saturated rings. The summed E-state index contributed by atoms with van der Waals surface area (Å²) in [5.74, 6) is 0. The summed E-state index contributed by atoms with van der Waals surface area (Å²) in [6, 6.07) is 0. The summed E-state index contributed by atoms with van der Waals surface area (Å²) in [6.07, 6.45) is 3.49. The van der Waals surface area contributed by atoms with Crippen molar-refractivity contribution < 1.29 is 4.74 Å². The fourth-order valence-corrected chi connectivity index (χ4v) is 0.538. The molecule has 43 valence electrons. The summed E-state index contributed by atoms with van der Waals surface area (Å²) >= 11 is 0. The third kappa shape index (κ3) is 2.63. The van der Waals surface area contributed by atoms with Gasteiger partial charge in [0.05, 0.1) is 6.10 Å². The summed E-state index contributed by atoms with van der Waals surface area (Å²) in [5.41, 5.74) is 0. The fourth-order valence-electron chi connectivity index (χ4n) is 0.538. The number of hydrogen-bond acceptors (Lipinski definition) is 1. The van der Waals surface area contributed by atoms with Crippen LogP contribution in [0.15, 0.2) is 0 Å². The first-order chi connectivity index (χ1) is 3.35. The molecule has 0 rings (SSSR count). The molecule has 0 aromatic heterocycles. The Balaban J connectivity index is 2.99. The number of methoxy groups -OCH3 is 1. The van der Waals surface area contributed by atoms with Gasteiger partial charge in [-0.1, -0.05) is 13.8 Å². The Morgan fingerprint density at radius 1 is 1.71 bits per heavy atom. The van der Waals surface area contributed by atoms with Gasteiger partial charge in [-0.15, -0.1) is 0 Å². The summed E-state index contributed by atoms with van der Waals surface area (Å²) < 4.78 is 4.99. The highest BCUT2D eigenvalue weighted by atomic mass is 16.5. The Labute approximate surface area is 45.7 Å². The lowest BCUT2D eigenvalue weighted by molar-refractivity contribution is 0.125. The molecule has 1 nitrogen and oxygen atoms in total. The van der Waals surface area contributed by atoms with E-state index in [-0.39, 0.29) is 0 Å². The summed E-state index contributed by atoms with van der Waals surface area (Å²) in [6.45, 7) is 4.12. The first-order valence-corrected chi connectivity index (χ1v) is 2.67. The predicted molar refractivity (Wildman–Crippen MR) is 31.1 cm³/mol. The van der Waals surface area contributed by atoms with Gasteiger partial charge in [-0.3, -0.25) is 0 Å². The molecule has 0 bridgehead atoms. The van der Waals surface area contributed by atoms with Gasteiger partial charge in [-0.2, -0.15) is 0 Å². The van der Waals surface area contributed by atoms with E-state index in [4.69, 9.17) is 4.74 Å². The Morgan fingerprint density at radius 2 is 2.29 bits per heavy atom. The number of hydrogen-bond donors (Lipinski definition) is 0. The third-order valence-corrected chi connectivity index (χ3v) is 1.08. The first-order valence-electron chi connectivity index (χ1n) is 2.67. The lowest BCUT2D eigenvalue weighted by Crippen LogP contribution is -2.06. The van der Waals surface area contributed by atoms with Crippen LogP contribution in [0.4, 0.5) is 0 Å². The molecule has 0 saturated carbocycles. The van der Waals surface area contributed by atoms with Gasteiger partial charge in [0.1, 0.15) is 0 Å². The lowest BCUT2D eigenvalue weighted by Gasteiger charge is -2.06. The summed E-state index contributed by atoms with van der Waals surface area (Å²) in [4.78, 5) is 0. The van der Waals surface area contributed by atoms with Crippen molar-refractivity contribution in [3.63, 3.8) is 0 Å². The molecule has 7 heavy (non-hydrogen) atoms. The Hall–Kier alpha value is -0.0400. The fraction of sp³-hybridized carbons (Fsp3) is 0.833. The molecule has 0 aromatic rings. The Morgan fingerprint density at radius 3 is 2.29 bits per heavy atom. The molecule has 0 aromatic carbocycles. The van der Waals surface area contributed by atoms with Crippen molar-refractivity contribution in [3.05, 3.63) is 6.42 Å². The zero-order valence-electron chi connectivity index (χ0n) is 5.27. The normalized spacial score (nSPS) is 10.3. The summed E-state index contributed by atoms with van der Waals surface area (Å²) in [7, 11) is 1.73. The molecule has 0 saturated heterocycles. The van der Waals surface area contributed by atoms with Crippen LogP contribution in [-0.2, 0) is 4.74 Å². The number of ether oxygens (including phenoxy) is 1. The maximum atomic E-state index is 4.99. The topological polar surface area (TPSA) is 9.23 Å². The van der Waals surface area contributed by atoms with Gasteiger partial charge in [0.2, 0.25) is 0 Å². The van der Waals surface area contributed by atoms with Gasteiger partial charge in [0.25, 0.3) is 0 Å². The monoisotopic (exact) mass is 101 g/mol. The van der Waals surface area contributed by atoms with Crippen LogP contribution >= 0.6 is 0 Å². The van der Waals surface area contributed by atoms with Crippen molar-refractivity contribution in [3.8, 4) is 0 Å². The van der Waals surface area contributed by atoms with Crippen LogP contribution in [0.1, 0.15) is 20.3 Å². The van der Waals surface area contributed by atoms with E-state index in [0.717, 1.165) is 6.42 Å². The molecule has 0 amide bonds. The van der Waals surface area contributed by atoms with E-state index in [1.165, 1.54) is 0 Å². The van der Waals surface area contributed by atoms with Crippen LogP contribution in [0.25, 0.3) is 0 Å². The van der Waals surface area contributed by atoms with Crippen LogP contribution < -0.4 is 0 Å². The molecular formula is C6H13O. The summed E-state index contributed by atoms with van der Waals surface area (Å²) in [5, 5.41) is 0. The van der Waals surface area contributed by atoms with E-state index in [9.17, 15) is 0 Å². The Bertz CT molecular complexity index is 25.7. The largest absolute Gasteiger partial charge is 0.381 e. The Kier molecular flexibility index (Phi) is 4.10. The van der Waals surface area contributed by atoms with Gasteiger partial charge >= 0.3 is 0 Å². The van der Waals surface area contributed by atoms with E-state index in [2.05, 4.69) is 13.3 Å². The maximum absolute atomic E-state index is 4.99. The molecule has 0 heterocycles.